The van der Waals surface area contributed by atoms with Gasteiger partial charge in [-0.25, -0.2) is 4.98 Å². The molecule has 2 rings (SSSR count). The van der Waals surface area contributed by atoms with Gasteiger partial charge in [-0.15, -0.1) is 11.3 Å². The Hall–Kier alpha value is -1.87. The van der Waals surface area contributed by atoms with Crippen molar-refractivity contribution in [2.75, 3.05) is 6.61 Å². The summed E-state index contributed by atoms with van der Waals surface area (Å²) in [4.78, 5) is 15.3. The molecule has 0 bridgehead atoms. The SMILES string of the molecule is Cc1ncsc1CN[C@H](CO)[C@H](O)c1ccc([N+](=O)[O-])cc1. The van der Waals surface area contributed by atoms with Crippen LogP contribution in [-0.2, 0) is 6.54 Å². The van der Waals surface area contributed by atoms with Gasteiger partial charge in [0.2, 0.25) is 0 Å². The van der Waals surface area contributed by atoms with E-state index in [1.54, 1.807) is 5.51 Å². The maximum Gasteiger partial charge on any atom is 0.269 e. The fourth-order valence-corrected chi connectivity index (χ4v) is 2.75. The molecule has 22 heavy (non-hydrogen) atoms. The number of aromatic nitrogens is 1. The van der Waals surface area contributed by atoms with E-state index in [2.05, 4.69) is 10.3 Å². The second-order valence-corrected chi connectivity index (χ2v) is 5.76. The maximum atomic E-state index is 10.6. The first-order chi connectivity index (χ1) is 10.5. The number of nitro benzene ring substituents is 1. The predicted octanol–water partition coefficient (Wildman–Crippen LogP) is 1.54. The molecule has 0 spiro atoms. The summed E-state index contributed by atoms with van der Waals surface area (Å²) in [6, 6.07) is 5.08. The lowest BCUT2D eigenvalue weighted by molar-refractivity contribution is -0.384. The van der Waals surface area contributed by atoms with Crippen molar-refractivity contribution in [2.45, 2.75) is 25.6 Å². The molecule has 0 aliphatic carbocycles. The topological polar surface area (TPSA) is 109 Å². The van der Waals surface area contributed by atoms with Gasteiger partial charge in [-0.1, -0.05) is 0 Å². The van der Waals surface area contributed by atoms with Gasteiger partial charge in [0.1, 0.15) is 0 Å². The Morgan fingerprint density at radius 3 is 2.59 bits per heavy atom. The van der Waals surface area contributed by atoms with Crippen LogP contribution in [0, 0.1) is 17.0 Å². The van der Waals surface area contributed by atoms with Crippen molar-refractivity contribution < 1.29 is 15.1 Å². The number of aliphatic hydroxyl groups excluding tert-OH is 2. The highest BCUT2D eigenvalue weighted by Crippen LogP contribution is 2.21. The van der Waals surface area contributed by atoms with E-state index in [4.69, 9.17) is 0 Å². The number of hydrogen-bond acceptors (Lipinski definition) is 7. The van der Waals surface area contributed by atoms with E-state index in [9.17, 15) is 20.3 Å². The molecular formula is C14H17N3O4S. The molecular weight excluding hydrogens is 306 g/mol. The quantitative estimate of drug-likeness (QED) is 0.527. The van der Waals surface area contributed by atoms with Crippen molar-refractivity contribution in [1.82, 2.24) is 10.3 Å². The van der Waals surface area contributed by atoms with Crippen molar-refractivity contribution in [3.8, 4) is 0 Å². The Morgan fingerprint density at radius 2 is 2.09 bits per heavy atom. The Balaban J connectivity index is 2.03. The third kappa shape index (κ3) is 3.86. The van der Waals surface area contributed by atoms with Gasteiger partial charge in [0.15, 0.2) is 0 Å². The average Bonchev–Trinajstić information content (AvgIpc) is 2.93. The van der Waals surface area contributed by atoms with Crippen LogP contribution >= 0.6 is 11.3 Å². The predicted molar refractivity (Wildman–Crippen MR) is 82.6 cm³/mol. The van der Waals surface area contributed by atoms with Crippen molar-refractivity contribution in [1.29, 1.82) is 0 Å². The second kappa shape index (κ2) is 7.41. The van der Waals surface area contributed by atoms with Gasteiger partial charge in [0.25, 0.3) is 5.69 Å². The minimum atomic E-state index is -0.959. The molecule has 2 aromatic rings. The van der Waals surface area contributed by atoms with Crippen molar-refractivity contribution in [3.63, 3.8) is 0 Å². The molecule has 0 saturated carbocycles. The fourth-order valence-electron chi connectivity index (χ4n) is 2.02. The van der Waals surface area contributed by atoms with E-state index in [1.807, 2.05) is 6.92 Å². The fraction of sp³-hybridized carbons (Fsp3) is 0.357. The van der Waals surface area contributed by atoms with Crippen molar-refractivity contribution in [2.24, 2.45) is 0 Å². The average molecular weight is 323 g/mol. The van der Waals surface area contributed by atoms with Crippen LogP contribution in [0.4, 0.5) is 5.69 Å². The molecule has 0 saturated heterocycles. The second-order valence-electron chi connectivity index (χ2n) is 4.82. The number of thiazole rings is 1. The van der Waals surface area contributed by atoms with Crippen molar-refractivity contribution >= 4 is 17.0 Å². The smallest absolute Gasteiger partial charge is 0.269 e. The van der Waals surface area contributed by atoms with Gasteiger partial charge >= 0.3 is 0 Å². The van der Waals surface area contributed by atoms with E-state index in [1.165, 1.54) is 35.6 Å². The molecule has 1 aromatic carbocycles. The van der Waals surface area contributed by atoms with Crippen LogP contribution in [0.3, 0.4) is 0 Å². The number of non-ortho nitro benzene ring substituents is 1. The first-order valence-corrected chi connectivity index (χ1v) is 7.56. The van der Waals surface area contributed by atoms with Crippen LogP contribution in [0.25, 0.3) is 0 Å². The molecule has 0 aliphatic rings. The third-order valence-corrected chi connectivity index (χ3v) is 4.33. The number of benzene rings is 1. The monoisotopic (exact) mass is 323 g/mol. The van der Waals surface area contributed by atoms with Crippen LogP contribution in [0.1, 0.15) is 22.2 Å². The summed E-state index contributed by atoms with van der Waals surface area (Å²) in [5, 5.41) is 33.5. The molecule has 1 aromatic heterocycles. The lowest BCUT2D eigenvalue weighted by Crippen LogP contribution is -2.37. The summed E-state index contributed by atoms with van der Waals surface area (Å²) in [5.41, 5.74) is 3.13. The Labute approximate surface area is 131 Å². The van der Waals surface area contributed by atoms with Gasteiger partial charge in [-0.2, -0.15) is 0 Å². The highest BCUT2D eigenvalue weighted by atomic mass is 32.1. The first-order valence-electron chi connectivity index (χ1n) is 6.68. The maximum absolute atomic E-state index is 10.6. The summed E-state index contributed by atoms with van der Waals surface area (Å²) < 4.78 is 0. The largest absolute Gasteiger partial charge is 0.395 e. The van der Waals surface area contributed by atoms with Gasteiger partial charge in [-0.3, -0.25) is 10.1 Å². The van der Waals surface area contributed by atoms with Crippen LogP contribution < -0.4 is 5.32 Å². The standard InChI is InChI=1S/C14H17N3O4S/c1-9-13(22-8-16-9)6-15-12(7-18)14(19)10-2-4-11(5-3-10)17(20)21/h2-5,8,12,14-15,18-19H,6-7H2,1H3/t12-,14-/m1/s1. The lowest BCUT2D eigenvalue weighted by Gasteiger charge is -2.22. The molecule has 2 atom stereocenters. The minimum Gasteiger partial charge on any atom is -0.395 e. The first kappa shape index (κ1) is 16.5. The van der Waals surface area contributed by atoms with E-state index in [-0.39, 0.29) is 12.3 Å². The Morgan fingerprint density at radius 1 is 1.41 bits per heavy atom. The molecule has 118 valence electrons. The molecule has 8 heteroatoms. The van der Waals surface area contributed by atoms with Crippen LogP contribution in [-0.4, -0.2) is 32.8 Å². The molecule has 0 unspecified atom stereocenters. The molecule has 0 radical (unpaired) electrons. The number of aryl methyl sites for hydroxylation is 1. The van der Waals surface area contributed by atoms with Gasteiger partial charge < -0.3 is 15.5 Å². The highest BCUT2D eigenvalue weighted by molar-refractivity contribution is 7.09. The number of aliphatic hydroxyl groups is 2. The summed E-state index contributed by atoms with van der Waals surface area (Å²) in [5.74, 6) is 0. The summed E-state index contributed by atoms with van der Waals surface area (Å²) in [7, 11) is 0. The molecule has 1 heterocycles. The zero-order valence-electron chi connectivity index (χ0n) is 12.0. The number of nitrogens with zero attached hydrogens (tertiary/aromatic N) is 2. The zero-order chi connectivity index (χ0) is 16.1. The normalized spacial score (nSPS) is 13.8. The van der Waals surface area contributed by atoms with Crippen LogP contribution in [0.15, 0.2) is 29.8 Å². The van der Waals surface area contributed by atoms with E-state index in [0.29, 0.717) is 12.1 Å². The number of rotatable bonds is 7. The third-order valence-electron chi connectivity index (χ3n) is 3.39. The summed E-state index contributed by atoms with van der Waals surface area (Å²) >= 11 is 1.50. The minimum absolute atomic E-state index is 0.0373. The number of hydrogen-bond donors (Lipinski definition) is 3. The molecule has 0 aliphatic heterocycles. The number of nitrogens with one attached hydrogen (secondary N) is 1. The molecule has 3 N–H and O–H groups in total. The van der Waals surface area contributed by atoms with E-state index in [0.717, 1.165) is 10.6 Å². The van der Waals surface area contributed by atoms with E-state index >= 15 is 0 Å². The van der Waals surface area contributed by atoms with Crippen LogP contribution in [0.2, 0.25) is 0 Å². The molecule has 0 fully saturated rings. The summed E-state index contributed by atoms with van der Waals surface area (Å²) in [6.07, 6.45) is -0.959. The number of nitro groups is 1. The van der Waals surface area contributed by atoms with Gasteiger partial charge in [-0.05, 0) is 24.6 Å². The van der Waals surface area contributed by atoms with Crippen LogP contribution in [0.5, 0.6) is 0 Å². The van der Waals surface area contributed by atoms with Gasteiger partial charge in [0.05, 0.1) is 34.9 Å². The zero-order valence-corrected chi connectivity index (χ0v) is 12.8. The highest BCUT2D eigenvalue weighted by Gasteiger charge is 2.21. The Bertz CT molecular complexity index is 629. The summed E-state index contributed by atoms with van der Waals surface area (Å²) in [6.45, 7) is 2.13. The Kier molecular flexibility index (Phi) is 5.56. The van der Waals surface area contributed by atoms with E-state index < -0.39 is 17.1 Å². The van der Waals surface area contributed by atoms with Gasteiger partial charge in [0, 0.05) is 23.6 Å². The lowest BCUT2D eigenvalue weighted by atomic mass is 10.0. The van der Waals surface area contributed by atoms with Crippen molar-refractivity contribution in [3.05, 3.63) is 56.0 Å². The molecule has 0 amide bonds. The molecule has 7 nitrogen and oxygen atoms in total.